The first-order chi connectivity index (χ1) is 9.09. The van der Waals surface area contributed by atoms with Crippen LogP contribution in [0.5, 0.6) is 0 Å². The molecule has 4 nitrogen and oxygen atoms in total. The van der Waals surface area contributed by atoms with Crippen LogP contribution in [-0.2, 0) is 0 Å². The molecule has 0 amide bonds. The maximum absolute atomic E-state index is 11.2. The first kappa shape index (κ1) is 13.2. The molecule has 0 saturated heterocycles. The number of carboxylic acids is 2. The number of aromatic carboxylic acids is 2. The summed E-state index contributed by atoms with van der Waals surface area (Å²) in [4.78, 5) is 23.4. The summed E-state index contributed by atoms with van der Waals surface area (Å²) in [5.74, 6) is -2.27. The van der Waals surface area contributed by atoms with Crippen LogP contribution < -0.4 is 0 Å². The van der Waals surface area contributed by atoms with E-state index >= 15 is 0 Å². The van der Waals surface area contributed by atoms with E-state index < -0.39 is 11.9 Å². The lowest BCUT2D eigenvalue weighted by Crippen LogP contribution is -2.05. The van der Waals surface area contributed by atoms with Gasteiger partial charge < -0.3 is 10.2 Å². The van der Waals surface area contributed by atoms with Crippen LogP contribution in [0.25, 0.3) is 0 Å². The number of rotatable bonds is 4. The molecule has 2 aromatic rings. The average Bonchev–Trinajstić information content (AvgIpc) is 2.39. The average molecular weight is 274 g/mol. The lowest BCUT2D eigenvalue weighted by Gasteiger charge is -2.09. The van der Waals surface area contributed by atoms with Gasteiger partial charge in [0, 0.05) is 9.79 Å². The highest BCUT2D eigenvalue weighted by molar-refractivity contribution is 7.99. The van der Waals surface area contributed by atoms with Crippen LogP contribution in [0.2, 0.25) is 0 Å². The largest absolute Gasteiger partial charge is 0.478 e. The van der Waals surface area contributed by atoms with Crippen molar-refractivity contribution < 1.29 is 19.8 Å². The minimum absolute atomic E-state index is 0.00578. The Morgan fingerprint density at radius 1 is 0.789 bits per heavy atom. The third-order valence-electron chi connectivity index (χ3n) is 2.44. The fourth-order valence-corrected chi connectivity index (χ4v) is 2.65. The maximum Gasteiger partial charge on any atom is 0.336 e. The van der Waals surface area contributed by atoms with Crippen LogP contribution in [-0.4, -0.2) is 22.2 Å². The molecule has 0 unspecified atom stereocenters. The normalized spacial score (nSPS) is 10.1. The third kappa shape index (κ3) is 2.95. The second-order valence-corrected chi connectivity index (χ2v) is 4.79. The standard InChI is InChI=1S/C14H10O4S/c15-13(16)10-7-4-8-11(14(17)18)12(10)19-9-5-2-1-3-6-9/h1-8H,(H,15,16)(H,17,18). The van der Waals surface area contributed by atoms with Crippen molar-refractivity contribution in [3.05, 3.63) is 59.7 Å². The Morgan fingerprint density at radius 2 is 1.32 bits per heavy atom. The van der Waals surface area contributed by atoms with Crippen molar-refractivity contribution >= 4 is 23.7 Å². The summed E-state index contributed by atoms with van der Waals surface area (Å²) in [6.07, 6.45) is 0. The van der Waals surface area contributed by atoms with Crippen molar-refractivity contribution in [2.24, 2.45) is 0 Å². The lowest BCUT2D eigenvalue weighted by molar-refractivity contribution is 0.0690. The van der Waals surface area contributed by atoms with Gasteiger partial charge in [-0.25, -0.2) is 9.59 Å². The van der Waals surface area contributed by atoms with Gasteiger partial charge in [0.15, 0.2) is 0 Å². The van der Waals surface area contributed by atoms with Crippen molar-refractivity contribution in [2.75, 3.05) is 0 Å². The van der Waals surface area contributed by atoms with Gasteiger partial charge in [0.25, 0.3) is 0 Å². The monoisotopic (exact) mass is 274 g/mol. The highest BCUT2D eigenvalue weighted by Crippen LogP contribution is 2.33. The van der Waals surface area contributed by atoms with Gasteiger partial charge in [-0.3, -0.25) is 0 Å². The summed E-state index contributed by atoms with van der Waals surface area (Å²) < 4.78 is 0. The zero-order valence-electron chi connectivity index (χ0n) is 9.74. The van der Waals surface area contributed by atoms with Crippen LogP contribution in [0.4, 0.5) is 0 Å². The van der Waals surface area contributed by atoms with Crippen LogP contribution in [0, 0.1) is 0 Å². The quantitative estimate of drug-likeness (QED) is 0.895. The van der Waals surface area contributed by atoms with Gasteiger partial charge in [0.05, 0.1) is 11.1 Å². The van der Waals surface area contributed by atoms with E-state index in [0.29, 0.717) is 0 Å². The molecule has 0 radical (unpaired) electrons. The van der Waals surface area contributed by atoms with Gasteiger partial charge in [0.2, 0.25) is 0 Å². The number of benzene rings is 2. The topological polar surface area (TPSA) is 74.6 Å². The van der Waals surface area contributed by atoms with Crippen LogP contribution >= 0.6 is 11.8 Å². The molecule has 0 heterocycles. The minimum atomic E-state index is -1.14. The molecule has 0 bridgehead atoms. The molecule has 5 heteroatoms. The van der Waals surface area contributed by atoms with E-state index in [1.165, 1.54) is 18.2 Å². The second kappa shape index (κ2) is 5.58. The van der Waals surface area contributed by atoms with Gasteiger partial charge in [0.1, 0.15) is 0 Å². The van der Waals surface area contributed by atoms with E-state index in [4.69, 9.17) is 10.2 Å². The van der Waals surface area contributed by atoms with Gasteiger partial charge in [-0.05, 0) is 24.3 Å². The van der Waals surface area contributed by atoms with Gasteiger partial charge in [-0.1, -0.05) is 36.0 Å². The number of hydrogen-bond donors (Lipinski definition) is 2. The molecule has 0 aliphatic rings. The summed E-state index contributed by atoms with van der Waals surface area (Å²) in [5, 5.41) is 18.3. The molecule has 96 valence electrons. The first-order valence-corrected chi connectivity index (χ1v) is 6.23. The zero-order chi connectivity index (χ0) is 13.8. The Hall–Kier alpha value is -2.27. The van der Waals surface area contributed by atoms with E-state index in [1.807, 2.05) is 18.2 Å². The highest BCUT2D eigenvalue weighted by Gasteiger charge is 2.18. The minimum Gasteiger partial charge on any atom is -0.478 e. The Morgan fingerprint density at radius 3 is 1.79 bits per heavy atom. The van der Waals surface area contributed by atoms with Crippen LogP contribution in [0.1, 0.15) is 20.7 Å². The molecule has 0 aliphatic heterocycles. The Kier molecular flexibility index (Phi) is 3.87. The molecule has 2 rings (SSSR count). The van der Waals surface area contributed by atoms with Crippen molar-refractivity contribution in [1.29, 1.82) is 0 Å². The van der Waals surface area contributed by atoms with Crippen LogP contribution in [0.3, 0.4) is 0 Å². The van der Waals surface area contributed by atoms with E-state index in [1.54, 1.807) is 12.1 Å². The third-order valence-corrected chi connectivity index (χ3v) is 3.59. The summed E-state index contributed by atoms with van der Waals surface area (Å²) in [7, 11) is 0. The van der Waals surface area contributed by atoms with Gasteiger partial charge in [-0.2, -0.15) is 0 Å². The molecule has 0 atom stereocenters. The number of carbonyl (C=O) groups is 2. The van der Waals surface area contributed by atoms with E-state index in [0.717, 1.165) is 16.7 Å². The number of carboxylic acid groups (broad SMARTS) is 2. The second-order valence-electron chi connectivity index (χ2n) is 3.71. The molecule has 0 spiro atoms. The molecule has 0 aliphatic carbocycles. The van der Waals surface area contributed by atoms with Crippen molar-refractivity contribution in [3.8, 4) is 0 Å². The molecular weight excluding hydrogens is 264 g/mol. The Balaban J connectivity index is 2.52. The molecule has 0 fully saturated rings. The van der Waals surface area contributed by atoms with Gasteiger partial charge >= 0.3 is 11.9 Å². The smallest absolute Gasteiger partial charge is 0.336 e. The van der Waals surface area contributed by atoms with E-state index in [2.05, 4.69) is 0 Å². The summed E-state index contributed by atoms with van der Waals surface area (Å²) in [6, 6.07) is 13.3. The van der Waals surface area contributed by atoms with Gasteiger partial charge in [-0.15, -0.1) is 0 Å². The molecule has 0 saturated carbocycles. The molecular formula is C14H10O4S. The molecule has 2 N–H and O–H groups in total. The zero-order valence-corrected chi connectivity index (χ0v) is 10.6. The Bertz CT molecular complexity index is 590. The maximum atomic E-state index is 11.2. The first-order valence-electron chi connectivity index (χ1n) is 5.42. The number of hydrogen-bond acceptors (Lipinski definition) is 3. The summed E-state index contributed by atoms with van der Waals surface area (Å²) in [6.45, 7) is 0. The van der Waals surface area contributed by atoms with Crippen molar-refractivity contribution in [1.82, 2.24) is 0 Å². The lowest BCUT2D eigenvalue weighted by atomic mass is 10.1. The highest BCUT2D eigenvalue weighted by atomic mass is 32.2. The molecule has 0 aromatic heterocycles. The SMILES string of the molecule is O=C(O)c1cccc(C(=O)O)c1Sc1ccccc1. The summed E-state index contributed by atoms with van der Waals surface area (Å²) >= 11 is 1.14. The molecule has 2 aromatic carbocycles. The molecule has 19 heavy (non-hydrogen) atoms. The predicted octanol–water partition coefficient (Wildman–Crippen LogP) is 3.23. The summed E-state index contributed by atoms with van der Waals surface area (Å²) in [5.41, 5.74) is -0.0116. The fraction of sp³-hybridized carbons (Fsp3) is 0. The fourth-order valence-electron chi connectivity index (χ4n) is 1.59. The predicted molar refractivity (Wildman–Crippen MR) is 70.9 cm³/mol. The van der Waals surface area contributed by atoms with Crippen molar-refractivity contribution in [2.45, 2.75) is 9.79 Å². The van der Waals surface area contributed by atoms with E-state index in [9.17, 15) is 9.59 Å². The Labute approximate surface area is 113 Å². The van der Waals surface area contributed by atoms with E-state index in [-0.39, 0.29) is 16.0 Å². The van der Waals surface area contributed by atoms with Crippen molar-refractivity contribution in [3.63, 3.8) is 0 Å². The van der Waals surface area contributed by atoms with Crippen LogP contribution in [0.15, 0.2) is 58.3 Å².